The lowest BCUT2D eigenvalue weighted by Gasteiger charge is -2.30. The van der Waals surface area contributed by atoms with Crippen molar-refractivity contribution in [3.63, 3.8) is 0 Å². The molecule has 0 spiro atoms. The second-order valence-electron chi connectivity index (χ2n) is 5.49. The summed E-state index contributed by atoms with van der Waals surface area (Å²) in [5.74, 6) is -1.05. The SMILES string of the molecule is CCCCNC(=O)C(C)(NC(C)=O)c1cccc(C(F)(F)F)c1. The fourth-order valence-electron chi connectivity index (χ4n) is 2.17. The van der Waals surface area contributed by atoms with Crippen LogP contribution in [0.5, 0.6) is 0 Å². The number of hydrogen-bond acceptors (Lipinski definition) is 2. The number of carbonyl (C=O) groups is 2. The Bertz CT molecular complexity index is 573. The molecule has 0 aliphatic rings. The van der Waals surface area contributed by atoms with Gasteiger partial charge in [0.15, 0.2) is 0 Å². The largest absolute Gasteiger partial charge is 0.416 e. The Balaban J connectivity index is 3.20. The maximum absolute atomic E-state index is 12.9. The van der Waals surface area contributed by atoms with E-state index < -0.39 is 29.1 Å². The molecular weight excluding hydrogens is 309 g/mol. The Morgan fingerprint density at radius 1 is 1.17 bits per heavy atom. The molecule has 0 aliphatic carbocycles. The lowest BCUT2D eigenvalue weighted by Crippen LogP contribution is -2.54. The number of nitrogens with one attached hydrogen (secondary N) is 2. The molecule has 0 aromatic heterocycles. The second kappa shape index (κ2) is 7.48. The highest BCUT2D eigenvalue weighted by Gasteiger charge is 2.38. The number of amides is 2. The number of halogens is 3. The van der Waals surface area contributed by atoms with Gasteiger partial charge in [-0.25, -0.2) is 0 Å². The zero-order chi connectivity index (χ0) is 17.7. The summed E-state index contributed by atoms with van der Waals surface area (Å²) in [5, 5.41) is 5.11. The van der Waals surface area contributed by atoms with E-state index in [2.05, 4.69) is 10.6 Å². The van der Waals surface area contributed by atoms with E-state index in [4.69, 9.17) is 0 Å². The predicted molar refractivity (Wildman–Crippen MR) is 80.5 cm³/mol. The molecule has 2 N–H and O–H groups in total. The molecule has 4 nitrogen and oxygen atoms in total. The van der Waals surface area contributed by atoms with Gasteiger partial charge in [-0.3, -0.25) is 9.59 Å². The first kappa shape index (κ1) is 19.0. The first-order valence-electron chi connectivity index (χ1n) is 7.36. The first-order valence-corrected chi connectivity index (χ1v) is 7.36. The molecule has 0 aliphatic heterocycles. The summed E-state index contributed by atoms with van der Waals surface area (Å²) >= 11 is 0. The average molecular weight is 330 g/mol. The molecule has 1 aromatic rings. The smallest absolute Gasteiger partial charge is 0.354 e. The van der Waals surface area contributed by atoms with Crippen molar-refractivity contribution >= 4 is 11.8 Å². The third-order valence-electron chi connectivity index (χ3n) is 3.46. The van der Waals surface area contributed by atoms with E-state index in [1.807, 2.05) is 6.92 Å². The van der Waals surface area contributed by atoms with Gasteiger partial charge >= 0.3 is 6.18 Å². The molecule has 0 radical (unpaired) electrons. The molecule has 0 fully saturated rings. The highest BCUT2D eigenvalue weighted by atomic mass is 19.4. The third-order valence-corrected chi connectivity index (χ3v) is 3.46. The van der Waals surface area contributed by atoms with Crippen molar-refractivity contribution in [1.82, 2.24) is 10.6 Å². The Morgan fingerprint density at radius 3 is 2.30 bits per heavy atom. The van der Waals surface area contributed by atoms with Gasteiger partial charge in [0.1, 0.15) is 5.54 Å². The van der Waals surface area contributed by atoms with Crippen molar-refractivity contribution < 1.29 is 22.8 Å². The summed E-state index contributed by atoms with van der Waals surface area (Å²) < 4.78 is 38.6. The number of unbranched alkanes of at least 4 members (excludes halogenated alkanes) is 1. The van der Waals surface area contributed by atoms with Crippen LogP contribution >= 0.6 is 0 Å². The molecule has 1 unspecified atom stereocenters. The zero-order valence-corrected chi connectivity index (χ0v) is 13.4. The number of alkyl halides is 3. The molecule has 1 atom stereocenters. The normalized spacial score (nSPS) is 14.0. The Kier molecular flexibility index (Phi) is 6.18. The minimum atomic E-state index is -4.52. The molecule has 0 heterocycles. The topological polar surface area (TPSA) is 58.2 Å². The fourth-order valence-corrected chi connectivity index (χ4v) is 2.17. The van der Waals surface area contributed by atoms with E-state index in [0.717, 1.165) is 25.0 Å². The fraction of sp³-hybridized carbons (Fsp3) is 0.500. The lowest BCUT2D eigenvalue weighted by atomic mass is 9.89. The van der Waals surface area contributed by atoms with E-state index in [9.17, 15) is 22.8 Å². The quantitative estimate of drug-likeness (QED) is 0.788. The van der Waals surface area contributed by atoms with E-state index >= 15 is 0 Å². The first-order chi connectivity index (χ1) is 10.6. The zero-order valence-electron chi connectivity index (χ0n) is 13.4. The van der Waals surface area contributed by atoms with Crippen LogP contribution in [0.2, 0.25) is 0 Å². The molecule has 7 heteroatoms. The maximum Gasteiger partial charge on any atom is 0.416 e. The summed E-state index contributed by atoms with van der Waals surface area (Å²) in [6, 6.07) is 4.42. The molecule has 2 amide bonds. The average Bonchev–Trinajstić information content (AvgIpc) is 2.45. The van der Waals surface area contributed by atoms with Crippen LogP contribution in [0.4, 0.5) is 13.2 Å². The number of carbonyl (C=O) groups excluding carboxylic acids is 2. The minimum absolute atomic E-state index is 0.0801. The van der Waals surface area contributed by atoms with Gasteiger partial charge in [0.2, 0.25) is 11.8 Å². The molecule has 0 bridgehead atoms. The number of benzene rings is 1. The lowest BCUT2D eigenvalue weighted by molar-refractivity contribution is -0.138. The summed E-state index contributed by atoms with van der Waals surface area (Å²) in [5.41, 5.74) is -2.36. The van der Waals surface area contributed by atoms with Crippen molar-refractivity contribution in [1.29, 1.82) is 0 Å². The predicted octanol–water partition coefficient (Wildman–Crippen LogP) is 2.97. The van der Waals surface area contributed by atoms with Gasteiger partial charge in [-0.2, -0.15) is 13.2 Å². The van der Waals surface area contributed by atoms with Crippen molar-refractivity contribution in [2.75, 3.05) is 6.54 Å². The van der Waals surface area contributed by atoms with Crippen molar-refractivity contribution in [3.8, 4) is 0 Å². The van der Waals surface area contributed by atoms with Crippen LogP contribution in [0.1, 0.15) is 44.7 Å². The van der Waals surface area contributed by atoms with Gasteiger partial charge < -0.3 is 10.6 Å². The van der Waals surface area contributed by atoms with E-state index in [1.54, 1.807) is 0 Å². The monoisotopic (exact) mass is 330 g/mol. The van der Waals surface area contributed by atoms with Gasteiger partial charge in [-0.15, -0.1) is 0 Å². The van der Waals surface area contributed by atoms with Crippen molar-refractivity contribution in [2.45, 2.75) is 45.3 Å². The molecule has 1 rings (SSSR count). The van der Waals surface area contributed by atoms with Gasteiger partial charge in [0, 0.05) is 13.5 Å². The van der Waals surface area contributed by atoms with E-state index in [0.29, 0.717) is 6.54 Å². The van der Waals surface area contributed by atoms with Crippen LogP contribution in [0.15, 0.2) is 24.3 Å². The summed E-state index contributed by atoms with van der Waals surface area (Å²) in [4.78, 5) is 23.9. The Hall–Kier alpha value is -2.05. The molecular formula is C16H21F3N2O2. The van der Waals surface area contributed by atoms with E-state index in [1.165, 1.54) is 26.0 Å². The standard InChI is InChI=1S/C16H21F3N2O2/c1-4-5-9-20-14(23)15(3,21-11(2)22)12-7-6-8-13(10-12)16(17,18)19/h6-8,10H,4-5,9H2,1-3H3,(H,20,23)(H,21,22). The van der Waals surface area contributed by atoms with Crippen molar-refractivity contribution in [3.05, 3.63) is 35.4 Å². The minimum Gasteiger partial charge on any atom is -0.354 e. The summed E-state index contributed by atoms with van der Waals surface area (Å²) in [6.07, 6.45) is -2.92. The maximum atomic E-state index is 12.9. The van der Waals surface area contributed by atoms with Crippen LogP contribution in [0.25, 0.3) is 0 Å². The van der Waals surface area contributed by atoms with Gasteiger partial charge in [-0.1, -0.05) is 25.5 Å². The van der Waals surface area contributed by atoms with Crippen LogP contribution in [-0.2, 0) is 21.3 Å². The number of rotatable bonds is 6. The van der Waals surface area contributed by atoms with Crippen LogP contribution in [0.3, 0.4) is 0 Å². The molecule has 0 saturated heterocycles. The summed E-state index contributed by atoms with van der Waals surface area (Å²) in [6.45, 7) is 4.95. The van der Waals surface area contributed by atoms with Gasteiger partial charge in [-0.05, 0) is 31.0 Å². The Morgan fingerprint density at radius 2 is 1.78 bits per heavy atom. The summed E-state index contributed by atoms with van der Waals surface area (Å²) in [7, 11) is 0. The van der Waals surface area contributed by atoms with Crippen LogP contribution in [-0.4, -0.2) is 18.4 Å². The second-order valence-corrected chi connectivity index (χ2v) is 5.49. The number of hydrogen-bond donors (Lipinski definition) is 2. The molecule has 23 heavy (non-hydrogen) atoms. The van der Waals surface area contributed by atoms with E-state index in [-0.39, 0.29) is 5.56 Å². The van der Waals surface area contributed by atoms with Crippen molar-refractivity contribution in [2.24, 2.45) is 0 Å². The molecule has 1 aromatic carbocycles. The highest BCUT2D eigenvalue weighted by molar-refractivity contribution is 5.91. The van der Waals surface area contributed by atoms with Gasteiger partial charge in [0.05, 0.1) is 5.56 Å². The van der Waals surface area contributed by atoms with Gasteiger partial charge in [0.25, 0.3) is 0 Å². The van der Waals surface area contributed by atoms with Crippen LogP contribution < -0.4 is 10.6 Å². The van der Waals surface area contributed by atoms with Crippen LogP contribution in [0, 0.1) is 0 Å². The highest BCUT2D eigenvalue weighted by Crippen LogP contribution is 2.32. The Labute approximate surface area is 133 Å². The molecule has 0 saturated carbocycles. The third kappa shape index (κ3) is 4.97. The molecule has 128 valence electrons.